The van der Waals surface area contributed by atoms with Crippen LogP contribution < -0.4 is 0 Å². The van der Waals surface area contributed by atoms with Gasteiger partial charge in [0, 0.05) is 19.0 Å². The Labute approximate surface area is 122 Å². The van der Waals surface area contributed by atoms with Crippen molar-refractivity contribution >= 4 is 5.91 Å². The van der Waals surface area contributed by atoms with Crippen LogP contribution >= 0.6 is 0 Å². The molecule has 2 nitrogen and oxygen atoms in total. The van der Waals surface area contributed by atoms with Crippen molar-refractivity contribution in [3.63, 3.8) is 0 Å². The number of rotatable bonds is 2. The smallest absolute Gasteiger partial charge is 0.259 e. The molecule has 1 heterocycles. The zero-order chi connectivity index (χ0) is 14.8. The first-order chi connectivity index (χ1) is 10.2. The Morgan fingerprint density at radius 1 is 1.00 bits per heavy atom. The molecule has 1 saturated heterocycles. The van der Waals surface area contributed by atoms with Crippen molar-refractivity contribution in [2.45, 2.75) is 12.3 Å². The summed E-state index contributed by atoms with van der Waals surface area (Å²) in [5, 5.41) is 0. The van der Waals surface area contributed by atoms with E-state index >= 15 is 0 Å². The standard InChI is InChI=1S/C17H15F2NO/c18-14-7-4-8-15(19)16(14)17(21)20-10-9-13(11-20)12-5-2-1-3-6-12/h1-8,13H,9-11H2. The van der Waals surface area contributed by atoms with Crippen LogP contribution in [-0.4, -0.2) is 23.9 Å². The summed E-state index contributed by atoms with van der Waals surface area (Å²) in [5.74, 6) is -1.94. The summed E-state index contributed by atoms with van der Waals surface area (Å²) < 4.78 is 27.4. The van der Waals surface area contributed by atoms with Gasteiger partial charge in [0.2, 0.25) is 0 Å². The second-order valence-corrected chi connectivity index (χ2v) is 5.24. The van der Waals surface area contributed by atoms with Gasteiger partial charge in [-0.05, 0) is 24.1 Å². The molecule has 1 fully saturated rings. The SMILES string of the molecule is O=C(c1c(F)cccc1F)N1CCC(c2ccccc2)C1. The van der Waals surface area contributed by atoms with Crippen LogP contribution in [0.15, 0.2) is 48.5 Å². The highest BCUT2D eigenvalue weighted by Crippen LogP contribution is 2.28. The highest BCUT2D eigenvalue weighted by Gasteiger charge is 2.30. The van der Waals surface area contributed by atoms with E-state index in [0.717, 1.165) is 24.1 Å². The zero-order valence-corrected chi connectivity index (χ0v) is 11.4. The van der Waals surface area contributed by atoms with Crippen LogP contribution in [0.3, 0.4) is 0 Å². The van der Waals surface area contributed by atoms with Crippen LogP contribution in [0, 0.1) is 11.6 Å². The van der Waals surface area contributed by atoms with E-state index in [-0.39, 0.29) is 5.92 Å². The maximum Gasteiger partial charge on any atom is 0.259 e. The van der Waals surface area contributed by atoms with Gasteiger partial charge in [-0.15, -0.1) is 0 Å². The van der Waals surface area contributed by atoms with Gasteiger partial charge in [0.25, 0.3) is 5.91 Å². The molecule has 2 aromatic carbocycles. The fraction of sp³-hybridized carbons (Fsp3) is 0.235. The first kappa shape index (κ1) is 13.7. The number of amides is 1. The maximum atomic E-state index is 13.7. The topological polar surface area (TPSA) is 20.3 Å². The summed E-state index contributed by atoms with van der Waals surface area (Å²) in [6, 6.07) is 13.4. The number of carbonyl (C=O) groups excluding carboxylic acids is 1. The highest BCUT2D eigenvalue weighted by molar-refractivity contribution is 5.95. The first-order valence-corrected chi connectivity index (χ1v) is 6.95. The number of hydrogen-bond donors (Lipinski definition) is 0. The lowest BCUT2D eigenvalue weighted by molar-refractivity contribution is 0.0781. The van der Waals surface area contributed by atoms with E-state index in [1.54, 1.807) is 0 Å². The highest BCUT2D eigenvalue weighted by atomic mass is 19.1. The van der Waals surface area contributed by atoms with Crippen molar-refractivity contribution < 1.29 is 13.6 Å². The van der Waals surface area contributed by atoms with E-state index in [1.807, 2.05) is 30.3 Å². The molecule has 21 heavy (non-hydrogen) atoms. The van der Waals surface area contributed by atoms with E-state index in [9.17, 15) is 13.6 Å². The molecule has 0 spiro atoms. The van der Waals surface area contributed by atoms with Crippen LogP contribution in [0.2, 0.25) is 0 Å². The van der Waals surface area contributed by atoms with E-state index in [0.29, 0.717) is 13.1 Å². The van der Waals surface area contributed by atoms with Gasteiger partial charge in [0.15, 0.2) is 0 Å². The summed E-state index contributed by atoms with van der Waals surface area (Å²) in [6.07, 6.45) is 0.811. The molecule has 1 atom stereocenters. The van der Waals surface area contributed by atoms with Gasteiger partial charge < -0.3 is 4.90 Å². The number of halogens is 2. The van der Waals surface area contributed by atoms with Gasteiger partial charge in [-0.3, -0.25) is 4.79 Å². The number of carbonyl (C=O) groups is 1. The third kappa shape index (κ3) is 2.66. The van der Waals surface area contributed by atoms with Crippen molar-refractivity contribution in [2.24, 2.45) is 0 Å². The lowest BCUT2D eigenvalue weighted by Gasteiger charge is -2.17. The summed E-state index contributed by atoms with van der Waals surface area (Å²) in [6.45, 7) is 1.02. The van der Waals surface area contributed by atoms with Crippen molar-refractivity contribution in [3.8, 4) is 0 Å². The van der Waals surface area contributed by atoms with E-state index in [4.69, 9.17) is 0 Å². The minimum absolute atomic E-state index is 0.227. The molecular weight excluding hydrogens is 272 g/mol. The Hall–Kier alpha value is -2.23. The van der Waals surface area contributed by atoms with Gasteiger partial charge in [-0.2, -0.15) is 0 Å². The summed E-state index contributed by atoms with van der Waals surface area (Å²) in [4.78, 5) is 13.8. The Morgan fingerprint density at radius 3 is 2.33 bits per heavy atom. The van der Waals surface area contributed by atoms with Gasteiger partial charge in [0.1, 0.15) is 17.2 Å². The average Bonchev–Trinajstić information content (AvgIpc) is 2.97. The quantitative estimate of drug-likeness (QED) is 0.826. The Bertz CT molecular complexity index is 637. The predicted octanol–water partition coefficient (Wildman–Crippen LogP) is 3.59. The normalized spacial score (nSPS) is 18.0. The third-order valence-corrected chi connectivity index (χ3v) is 3.92. The Balaban J connectivity index is 1.79. The fourth-order valence-electron chi connectivity index (χ4n) is 2.80. The summed E-state index contributed by atoms with van der Waals surface area (Å²) >= 11 is 0. The molecule has 0 bridgehead atoms. The van der Waals surface area contributed by atoms with Gasteiger partial charge in [-0.25, -0.2) is 8.78 Å². The molecule has 1 amide bonds. The molecule has 0 N–H and O–H groups in total. The molecule has 0 radical (unpaired) electrons. The monoisotopic (exact) mass is 287 g/mol. The second-order valence-electron chi connectivity index (χ2n) is 5.24. The Morgan fingerprint density at radius 2 is 1.67 bits per heavy atom. The molecule has 1 unspecified atom stereocenters. The number of benzene rings is 2. The van der Waals surface area contributed by atoms with E-state index < -0.39 is 23.1 Å². The number of hydrogen-bond acceptors (Lipinski definition) is 1. The van der Waals surface area contributed by atoms with Crippen LogP contribution in [0.5, 0.6) is 0 Å². The minimum Gasteiger partial charge on any atom is -0.338 e. The zero-order valence-electron chi connectivity index (χ0n) is 11.4. The molecular formula is C17H15F2NO. The summed E-state index contributed by atoms with van der Waals surface area (Å²) in [5.41, 5.74) is 0.702. The predicted molar refractivity (Wildman–Crippen MR) is 76.1 cm³/mol. The lowest BCUT2D eigenvalue weighted by Crippen LogP contribution is -2.30. The van der Waals surface area contributed by atoms with Crippen molar-refractivity contribution in [1.29, 1.82) is 0 Å². The third-order valence-electron chi connectivity index (χ3n) is 3.92. The van der Waals surface area contributed by atoms with Gasteiger partial charge in [-0.1, -0.05) is 36.4 Å². The fourth-order valence-corrected chi connectivity index (χ4v) is 2.80. The largest absolute Gasteiger partial charge is 0.338 e. The molecule has 0 aliphatic carbocycles. The molecule has 1 aliphatic heterocycles. The van der Waals surface area contributed by atoms with Crippen molar-refractivity contribution in [2.75, 3.05) is 13.1 Å². The molecule has 2 aromatic rings. The Kier molecular flexibility index (Phi) is 3.69. The van der Waals surface area contributed by atoms with Crippen LogP contribution in [-0.2, 0) is 0 Å². The van der Waals surface area contributed by atoms with E-state index in [2.05, 4.69) is 0 Å². The molecule has 108 valence electrons. The van der Waals surface area contributed by atoms with E-state index in [1.165, 1.54) is 11.0 Å². The van der Waals surface area contributed by atoms with Crippen LogP contribution in [0.1, 0.15) is 28.3 Å². The van der Waals surface area contributed by atoms with Crippen molar-refractivity contribution in [3.05, 3.63) is 71.3 Å². The van der Waals surface area contributed by atoms with Crippen LogP contribution in [0.25, 0.3) is 0 Å². The number of nitrogens with zero attached hydrogens (tertiary/aromatic N) is 1. The maximum absolute atomic E-state index is 13.7. The summed E-state index contributed by atoms with van der Waals surface area (Å²) in [7, 11) is 0. The van der Waals surface area contributed by atoms with Crippen molar-refractivity contribution in [1.82, 2.24) is 4.90 Å². The number of likely N-dealkylation sites (tertiary alicyclic amines) is 1. The molecule has 4 heteroatoms. The minimum atomic E-state index is -0.803. The molecule has 0 aromatic heterocycles. The molecule has 0 saturated carbocycles. The average molecular weight is 287 g/mol. The van der Waals surface area contributed by atoms with Gasteiger partial charge >= 0.3 is 0 Å². The second kappa shape index (κ2) is 5.64. The van der Waals surface area contributed by atoms with Gasteiger partial charge in [0.05, 0.1) is 0 Å². The van der Waals surface area contributed by atoms with Crippen LogP contribution in [0.4, 0.5) is 8.78 Å². The lowest BCUT2D eigenvalue weighted by atomic mass is 9.99. The first-order valence-electron chi connectivity index (χ1n) is 6.95. The molecule has 3 rings (SSSR count). The molecule has 1 aliphatic rings.